The molecule has 1 aromatic rings. The maximum absolute atomic E-state index is 11.4. The third-order valence-corrected chi connectivity index (χ3v) is 2.35. The molecule has 0 radical (unpaired) electrons. The van der Waals surface area contributed by atoms with Crippen molar-refractivity contribution in [2.75, 3.05) is 13.3 Å². The summed E-state index contributed by atoms with van der Waals surface area (Å²) in [6, 6.07) is 3.42. The maximum Gasteiger partial charge on any atom is 0.327 e. The van der Waals surface area contributed by atoms with Gasteiger partial charge in [0.1, 0.15) is 5.15 Å². The molecule has 0 spiro atoms. The number of rotatable bonds is 3. The van der Waals surface area contributed by atoms with Gasteiger partial charge in [0.2, 0.25) is 0 Å². The molecule has 15 heavy (non-hydrogen) atoms. The second-order valence-corrected chi connectivity index (χ2v) is 3.96. The van der Waals surface area contributed by atoms with Crippen molar-refractivity contribution in [3.63, 3.8) is 0 Å². The zero-order chi connectivity index (χ0) is 11.3. The van der Waals surface area contributed by atoms with Crippen molar-refractivity contribution in [2.24, 2.45) is 0 Å². The molecule has 82 valence electrons. The topological polar surface area (TPSA) is 45.2 Å². The van der Waals surface area contributed by atoms with Crippen molar-refractivity contribution in [3.8, 4) is 0 Å². The molecule has 1 heterocycles. The van der Waals surface area contributed by atoms with Gasteiger partial charge in [0.25, 0.3) is 0 Å². The Balaban J connectivity index is 2.54. The van der Waals surface area contributed by atoms with Crippen LogP contribution >= 0.6 is 23.5 Å². The Hall–Kier alpha value is -0.940. The molecule has 0 aliphatic rings. The van der Waals surface area contributed by atoms with Gasteiger partial charge in [-0.1, -0.05) is 29.6 Å². The highest BCUT2D eigenvalue weighted by atomic mass is 35.5. The fourth-order valence-electron chi connectivity index (χ4n) is 1.01. The highest BCUT2D eigenvalue weighted by Crippen LogP contribution is 2.07. The number of aromatic nitrogens is 1. The van der Waals surface area contributed by atoms with E-state index in [-0.39, 0.29) is 6.03 Å². The van der Waals surface area contributed by atoms with Gasteiger partial charge in [0.15, 0.2) is 0 Å². The highest BCUT2D eigenvalue weighted by Gasteiger charge is 2.07. The second kappa shape index (κ2) is 5.82. The Morgan fingerprint density at radius 2 is 2.40 bits per heavy atom. The van der Waals surface area contributed by atoms with E-state index in [1.165, 1.54) is 11.9 Å². The predicted octanol–water partition coefficient (Wildman–Crippen LogP) is 2.15. The number of urea groups is 1. The van der Waals surface area contributed by atoms with Crippen molar-refractivity contribution in [1.29, 1.82) is 0 Å². The smallest absolute Gasteiger partial charge is 0.323 e. The molecule has 0 unspecified atom stereocenters. The quantitative estimate of drug-likeness (QED) is 0.656. The summed E-state index contributed by atoms with van der Waals surface area (Å²) in [5.41, 5.74) is 0.943. The maximum atomic E-state index is 11.4. The van der Waals surface area contributed by atoms with Crippen LogP contribution in [0.5, 0.6) is 0 Å². The molecule has 4 nitrogen and oxygen atoms in total. The summed E-state index contributed by atoms with van der Waals surface area (Å²) < 4.78 is 2.63. The van der Waals surface area contributed by atoms with Crippen molar-refractivity contribution in [1.82, 2.24) is 14.6 Å². The third kappa shape index (κ3) is 3.97. The summed E-state index contributed by atoms with van der Waals surface area (Å²) in [5, 5.41) is 0.454. The number of nitrogens with zero attached hydrogens (tertiary/aromatic N) is 2. The first-order chi connectivity index (χ1) is 7.13. The molecule has 0 bridgehead atoms. The van der Waals surface area contributed by atoms with Crippen LogP contribution in [0.1, 0.15) is 5.56 Å². The van der Waals surface area contributed by atoms with E-state index < -0.39 is 0 Å². The number of nitrogens with one attached hydrogen (secondary N) is 1. The summed E-state index contributed by atoms with van der Waals surface area (Å²) in [4.78, 5) is 16.9. The first kappa shape index (κ1) is 12.1. The van der Waals surface area contributed by atoms with Crippen LogP contribution in [0.25, 0.3) is 0 Å². The fraction of sp³-hybridized carbons (Fsp3) is 0.333. The molecular weight excluding hydrogens is 234 g/mol. The number of hydrogen-bond acceptors (Lipinski definition) is 3. The van der Waals surface area contributed by atoms with Gasteiger partial charge in [-0.05, 0) is 11.6 Å². The summed E-state index contributed by atoms with van der Waals surface area (Å²) in [5.74, 6) is 0. The van der Waals surface area contributed by atoms with Crippen molar-refractivity contribution < 1.29 is 4.79 Å². The van der Waals surface area contributed by atoms with E-state index in [1.807, 2.05) is 6.07 Å². The number of carbonyl (C=O) groups is 1. The van der Waals surface area contributed by atoms with Gasteiger partial charge in [0, 0.05) is 26.0 Å². The Morgan fingerprint density at radius 3 is 2.93 bits per heavy atom. The molecule has 0 saturated heterocycles. The molecular formula is C9H12ClN3OS. The highest BCUT2D eigenvalue weighted by molar-refractivity contribution is 7.97. The second-order valence-electron chi connectivity index (χ2n) is 2.96. The summed E-state index contributed by atoms with van der Waals surface area (Å²) in [7, 11) is 1.72. The Kier molecular flexibility index (Phi) is 4.71. The molecule has 2 amide bonds. The van der Waals surface area contributed by atoms with Crippen molar-refractivity contribution in [3.05, 3.63) is 29.0 Å². The molecule has 0 aliphatic heterocycles. The monoisotopic (exact) mass is 245 g/mol. The van der Waals surface area contributed by atoms with Crippen LogP contribution < -0.4 is 4.72 Å². The van der Waals surface area contributed by atoms with E-state index >= 15 is 0 Å². The van der Waals surface area contributed by atoms with E-state index in [0.717, 1.165) is 5.56 Å². The van der Waals surface area contributed by atoms with Crippen LogP contribution in [-0.4, -0.2) is 29.2 Å². The third-order valence-electron chi connectivity index (χ3n) is 1.74. The lowest BCUT2D eigenvalue weighted by molar-refractivity contribution is 0.213. The zero-order valence-corrected chi connectivity index (χ0v) is 10.1. The van der Waals surface area contributed by atoms with Crippen LogP contribution in [0, 0.1) is 0 Å². The molecule has 1 aromatic heterocycles. The number of amides is 2. The first-order valence-electron chi connectivity index (χ1n) is 4.28. The minimum Gasteiger partial charge on any atom is -0.323 e. The van der Waals surface area contributed by atoms with E-state index in [4.69, 9.17) is 11.6 Å². The largest absolute Gasteiger partial charge is 0.327 e. The van der Waals surface area contributed by atoms with Gasteiger partial charge in [-0.25, -0.2) is 9.78 Å². The average molecular weight is 246 g/mol. The summed E-state index contributed by atoms with van der Waals surface area (Å²) >= 11 is 6.93. The van der Waals surface area contributed by atoms with E-state index in [0.29, 0.717) is 11.7 Å². The molecule has 0 aliphatic carbocycles. The number of carbonyl (C=O) groups excluding carboxylic acids is 1. The van der Waals surface area contributed by atoms with E-state index in [1.54, 1.807) is 30.5 Å². The van der Waals surface area contributed by atoms with E-state index in [2.05, 4.69) is 9.71 Å². The average Bonchev–Trinajstić information content (AvgIpc) is 2.22. The summed E-state index contributed by atoms with van der Waals surface area (Å²) in [6.07, 6.45) is 3.46. The molecule has 0 aromatic carbocycles. The molecule has 1 rings (SSSR count). The Labute approximate surface area is 98.1 Å². The molecule has 0 saturated carbocycles. The van der Waals surface area contributed by atoms with E-state index in [9.17, 15) is 4.79 Å². The van der Waals surface area contributed by atoms with Gasteiger partial charge < -0.3 is 4.90 Å². The van der Waals surface area contributed by atoms with Gasteiger partial charge >= 0.3 is 6.03 Å². The minimum absolute atomic E-state index is 0.127. The lowest BCUT2D eigenvalue weighted by Gasteiger charge is -2.16. The number of pyridine rings is 1. The SMILES string of the molecule is CSNC(=O)N(C)Cc1ccc(Cl)nc1. The number of hydrogen-bond donors (Lipinski definition) is 1. The van der Waals surface area contributed by atoms with Gasteiger partial charge in [-0.2, -0.15) is 0 Å². The van der Waals surface area contributed by atoms with Crippen molar-refractivity contribution in [2.45, 2.75) is 6.54 Å². The standard InChI is InChI=1S/C9H12ClN3OS/c1-13(9(14)12-15-2)6-7-3-4-8(10)11-5-7/h3-5H,6H2,1-2H3,(H,12,14). The lowest BCUT2D eigenvalue weighted by atomic mass is 10.3. The number of halogens is 1. The van der Waals surface area contributed by atoms with Gasteiger partial charge in [0.05, 0.1) is 0 Å². The van der Waals surface area contributed by atoms with Crippen molar-refractivity contribution >= 4 is 29.6 Å². The van der Waals surface area contributed by atoms with Gasteiger partial charge in [-0.15, -0.1) is 0 Å². The predicted molar refractivity (Wildman–Crippen MR) is 62.8 cm³/mol. The van der Waals surface area contributed by atoms with Crippen LogP contribution in [0.4, 0.5) is 4.79 Å². The van der Waals surface area contributed by atoms with Crippen LogP contribution in [-0.2, 0) is 6.54 Å². The lowest BCUT2D eigenvalue weighted by Crippen LogP contribution is -2.32. The fourth-order valence-corrected chi connectivity index (χ4v) is 1.45. The first-order valence-corrected chi connectivity index (χ1v) is 5.88. The minimum atomic E-state index is -0.127. The Bertz CT molecular complexity index is 331. The molecule has 0 fully saturated rings. The molecule has 1 N–H and O–H groups in total. The normalized spacial score (nSPS) is 9.80. The Morgan fingerprint density at radius 1 is 1.67 bits per heavy atom. The molecule has 6 heteroatoms. The van der Waals surface area contributed by atoms with Crippen LogP contribution in [0.15, 0.2) is 18.3 Å². The van der Waals surface area contributed by atoms with Gasteiger partial charge in [-0.3, -0.25) is 4.72 Å². The zero-order valence-electron chi connectivity index (χ0n) is 8.53. The van der Waals surface area contributed by atoms with Crippen LogP contribution in [0.3, 0.4) is 0 Å². The molecule has 0 atom stereocenters. The summed E-state index contributed by atoms with van der Waals surface area (Å²) in [6.45, 7) is 0.510. The van der Waals surface area contributed by atoms with Crippen LogP contribution in [0.2, 0.25) is 5.15 Å².